The maximum atomic E-state index is 11.4. The summed E-state index contributed by atoms with van der Waals surface area (Å²) in [5.41, 5.74) is 0.926. The number of hydrogen-bond donors (Lipinski definition) is 2. The van der Waals surface area contributed by atoms with Crippen molar-refractivity contribution >= 4 is 11.9 Å². The van der Waals surface area contributed by atoms with Crippen molar-refractivity contribution in [2.45, 2.75) is 25.7 Å². The summed E-state index contributed by atoms with van der Waals surface area (Å²) in [7, 11) is 0. The molecule has 0 amide bonds. The minimum atomic E-state index is -1.11. The van der Waals surface area contributed by atoms with Crippen LogP contribution in [0.3, 0.4) is 0 Å². The highest BCUT2D eigenvalue weighted by Gasteiger charge is 2.34. The predicted molar refractivity (Wildman–Crippen MR) is 75.2 cm³/mol. The van der Waals surface area contributed by atoms with Crippen molar-refractivity contribution in [3.8, 4) is 0 Å². The van der Waals surface area contributed by atoms with E-state index in [1.807, 2.05) is 32.1 Å². The largest absolute Gasteiger partial charge is 0.478 e. The van der Waals surface area contributed by atoms with Gasteiger partial charge in [0.15, 0.2) is 0 Å². The van der Waals surface area contributed by atoms with Crippen LogP contribution in [0.4, 0.5) is 0 Å². The molecule has 0 aromatic heterocycles. The van der Waals surface area contributed by atoms with Gasteiger partial charge < -0.3 is 10.2 Å². The maximum absolute atomic E-state index is 11.4. The topological polar surface area (TPSA) is 74.6 Å². The van der Waals surface area contributed by atoms with E-state index in [0.29, 0.717) is 12.0 Å². The number of hydrogen-bond acceptors (Lipinski definition) is 2. The molecule has 1 atom stereocenters. The van der Waals surface area contributed by atoms with Gasteiger partial charge in [-0.25, -0.2) is 9.59 Å². The Hall–Kier alpha value is -2.36. The normalized spacial score (nSPS) is 21.4. The monoisotopic (exact) mass is 272 g/mol. The molecule has 0 heterocycles. The van der Waals surface area contributed by atoms with Gasteiger partial charge >= 0.3 is 11.9 Å². The second kappa shape index (κ2) is 4.96. The van der Waals surface area contributed by atoms with Crippen LogP contribution >= 0.6 is 0 Å². The summed E-state index contributed by atoms with van der Waals surface area (Å²) in [5, 5.41) is 18.7. The lowest BCUT2D eigenvalue weighted by Gasteiger charge is -2.32. The number of allylic oxidation sites excluding steroid dienone is 4. The van der Waals surface area contributed by atoms with Crippen LogP contribution in [-0.2, 0) is 5.41 Å². The highest BCUT2D eigenvalue weighted by molar-refractivity contribution is 5.97. The maximum Gasteiger partial charge on any atom is 0.336 e. The molecular formula is C16H16O4. The fraction of sp³-hybridized carbons (Fsp3) is 0.250. The van der Waals surface area contributed by atoms with Crippen molar-refractivity contribution < 1.29 is 19.8 Å². The van der Waals surface area contributed by atoms with Crippen LogP contribution in [-0.4, -0.2) is 22.2 Å². The van der Waals surface area contributed by atoms with Crippen LogP contribution in [0.1, 0.15) is 46.5 Å². The Bertz CT molecular complexity index is 608. The highest BCUT2D eigenvalue weighted by Crippen LogP contribution is 2.39. The lowest BCUT2D eigenvalue weighted by Crippen LogP contribution is -2.27. The van der Waals surface area contributed by atoms with Gasteiger partial charge in [0.2, 0.25) is 0 Å². The molecule has 4 nitrogen and oxygen atoms in total. The molecule has 20 heavy (non-hydrogen) atoms. The van der Waals surface area contributed by atoms with Crippen molar-refractivity contribution in [2.75, 3.05) is 0 Å². The second-order valence-electron chi connectivity index (χ2n) is 5.30. The van der Waals surface area contributed by atoms with Gasteiger partial charge in [0.25, 0.3) is 0 Å². The van der Waals surface area contributed by atoms with E-state index in [1.165, 1.54) is 18.2 Å². The zero-order valence-electron chi connectivity index (χ0n) is 11.4. The van der Waals surface area contributed by atoms with Crippen molar-refractivity contribution in [1.29, 1.82) is 0 Å². The fourth-order valence-electron chi connectivity index (χ4n) is 2.82. The number of carboxylic acids is 2. The zero-order valence-corrected chi connectivity index (χ0v) is 11.4. The van der Waals surface area contributed by atoms with Gasteiger partial charge in [-0.3, -0.25) is 0 Å². The molecule has 1 aliphatic rings. The molecule has 0 aliphatic heterocycles. The number of benzene rings is 1. The summed E-state index contributed by atoms with van der Waals surface area (Å²) in [5.74, 6) is -2.21. The van der Waals surface area contributed by atoms with Crippen molar-refractivity contribution in [3.05, 3.63) is 58.7 Å². The Morgan fingerprint density at radius 1 is 1.15 bits per heavy atom. The standard InChI is InChI=1S/C16H16O4/c1-10-5-4-8-16(2,9-10)13-11(14(17)18)6-3-7-12(13)15(19)20/h3-8H,9H2,1-2H3,(H,17,18)(H,19,20). The Morgan fingerprint density at radius 3 is 2.15 bits per heavy atom. The predicted octanol–water partition coefficient (Wildman–Crippen LogP) is 3.25. The first kappa shape index (κ1) is 14.1. The Balaban J connectivity index is 2.71. The molecule has 0 fully saturated rings. The molecule has 1 aliphatic carbocycles. The molecule has 1 aromatic rings. The molecule has 0 bridgehead atoms. The van der Waals surface area contributed by atoms with Gasteiger partial charge in [-0.1, -0.05) is 36.8 Å². The van der Waals surface area contributed by atoms with E-state index in [-0.39, 0.29) is 11.1 Å². The molecule has 1 aromatic carbocycles. The number of aromatic carboxylic acids is 2. The highest BCUT2D eigenvalue weighted by atomic mass is 16.4. The van der Waals surface area contributed by atoms with Crippen molar-refractivity contribution in [3.63, 3.8) is 0 Å². The lowest BCUT2D eigenvalue weighted by molar-refractivity contribution is 0.0693. The molecule has 104 valence electrons. The molecule has 1 unspecified atom stereocenters. The summed E-state index contributed by atoms with van der Waals surface area (Å²) in [6, 6.07) is 4.38. The lowest BCUT2D eigenvalue weighted by atomic mass is 9.71. The first-order valence-electron chi connectivity index (χ1n) is 6.30. The summed E-state index contributed by atoms with van der Waals surface area (Å²) in [4.78, 5) is 22.9. The number of carboxylic acid groups (broad SMARTS) is 2. The smallest absolute Gasteiger partial charge is 0.336 e. The third-order valence-electron chi connectivity index (χ3n) is 3.59. The number of rotatable bonds is 3. The van der Waals surface area contributed by atoms with Crippen LogP contribution in [0.2, 0.25) is 0 Å². The Morgan fingerprint density at radius 2 is 1.70 bits per heavy atom. The van der Waals surface area contributed by atoms with Gasteiger partial charge in [0.1, 0.15) is 0 Å². The average Bonchev–Trinajstić information content (AvgIpc) is 2.37. The van der Waals surface area contributed by atoms with Crippen LogP contribution < -0.4 is 0 Å². The molecule has 2 N–H and O–H groups in total. The van der Waals surface area contributed by atoms with E-state index in [4.69, 9.17) is 0 Å². The first-order chi connectivity index (χ1) is 9.35. The van der Waals surface area contributed by atoms with Crippen LogP contribution in [0.25, 0.3) is 0 Å². The summed E-state index contributed by atoms with van der Waals surface area (Å²) < 4.78 is 0. The van der Waals surface area contributed by atoms with Gasteiger partial charge in [-0.2, -0.15) is 0 Å². The number of carbonyl (C=O) groups is 2. The SMILES string of the molecule is CC1=CC=CC(C)(c2c(C(=O)O)cccc2C(=O)O)C1. The Labute approximate surface area is 117 Å². The average molecular weight is 272 g/mol. The fourth-order valence-corrected chi connectivity index (χ4v) is 2.82. The van der Waals surface area contributed by atoms with Gasteiger partial charge in [0, 0.05) is 5.41 Å². The molecule has 2 rings (SSSR count). The van der Waals surface area contributed by atoms with Gasteiger partial charge in [-0.05, 0) is 31.0 Å². The van der Waals surface area contributed by atoms with E-state index >= 15 is 0 Å². The van der Waals surface area contributed by atoms with E-state index in [9.17, 15) is 19.8 Å². The van der Waals surface area contributed by atoms with E-state index in [0.717, 1.165) is 5.57 Å². The zero-order chi connectivity index (χ0) is 14.9. The quantitative estimate of drug-likeness (QED) is 0.885. The summed E-state index contributed by atoms with van der Waals surface area (Å²) in [6.07, 6.45) is 6.27. The minimum absolute atomic E-state index is 0.0479. The molecule has 4 heteroatoms. The van der Waals surface area contributed by atoms with E-state index in [1.54, 1.807) is 0 Å². The van der Waals surface area contributed by atoms with Crippen molar-refractivity contribution in [1.82, 2.24) is 0 Å². The Kier molecular flexibility index (Phi) is 3.49. The van der Waals surface area contributed by atoms with E-state index < -0.39 is 17.4 Å². The third kappa shape index (κ3) is 2.37. The van der Waals surface area contributed by atoms with Crippen LogP contribution in [0, 0.1) is 0 Å². The summed E-state index contributed by atoms with van der Waals surface area (Å²) >= 11 is 0. The second-order valence-corrected chi connectivity index (χ2v) is 5.30. The molecule has 0 spiro atoms. The molecule has 0 radical (unpaired) electrons. The van der Waals surface area contributed by atoms with Crippen LogP contribution in [0.15, 0.2) is 42.0 Å². The first-order valence-corrected chi connectivity index (χ1v) is 6.30. The molecule has 0 saturated carbocycles. The molecule has 0 saturated heterocycles. The van der Waals surface area contributed by atoms with Crippen molar-refractivity contribution in [2.24, 2.45) is 0 Å². The van der Waals surface area contributed by atoms with Gasteiger partial charge in [0.05, 0.1) is 11.1 Å². The summed E-state index contributed by atoms with van der Waals surface area (Å²) in [6.45, 7) is 3.82. The molecular weight excluding hydrogens is 256 g/mol. The third-order valence-corrected chi connectivity index (χ3v) is 3.59. The van der Waals surface area contributed by atoms with E-state index in [2.05, 4.69) is 0 Å². The van der Waals surface area contributed by atoms with Gasteiger partial charge in [-0.15, -0.1) is 0 Å². The van der Waals surface area contributed by atoms with Crippen LogP contribution in [0.5, 0.6) is 0 Å². The minimum Gasteiger partial charge on any atom is -0.478 e.